The number of nitro groups is 1. The third-order valence-corrected chi connectivity index (χ3v) is 4.84. The van der Waals surface area contributed by atoms with E-state index in [1.54, 1.807) is 18.2 Å². The van der Waals surface area contributed by atoms with Crippen molar-refractivity contribution in [2.75, 3.05) is 0 Å². The van der Waals surface area contributed by atoms with Gasteiger partial charge in [0.15, 0.2) is 0 Å². The zero-order chi connectivity index (χ0) is 21.0. The van der Waals surface area contributed by atoms with Crippen LogP contribution >= 0.6 is 34.8 Å². The van der Waals surface area contributed by atoms with Crippen molar-refractivity contribution in [1.82, 2.24) is 0 Å². The van der Waals surface area contributed by atoms with Gasteiger partial charge in [0.1, 0.15) is 12.4 Å². The van der Waals surface area contributed by atoms with Gasteiger partial charge in [0.05, 0.1) is 25.6 Å². The van der Waals surface area contributed by atoms with Crippen LogP contribution in [0.4, 0.5) is 5.69 Å². The Balaban J connectivity index is 1.68. The Hall–Kier alpha value is -2.80. The highest BCUT2D eigenvalue weighted by molar-refractivity contribution is 6.42. The summed E-state index contributed by atoms with van der Waals surface area (Å²) in [6.07, 6.45) is 0. The molecule has 148 valence electrons. The van der Waals surface area contributed by atoms with Gasteiger partial charge < -0.3 is 9.47 Å². The zero-order valence-corrected chi connectivity index (χ0v) is 16.9. The summed E-state index contributed by atoms with van der Waals surface area (Å²) in [5, 5.41) is 12.0. The van der Waals surface area contributed by atoms with Crippen molar-refractivity contribution in [1.29, 1.82) is 0 Å². The number of carbonyl (C=O) groups excluding carboxylic acids is 1. The van der Waals surface area contributed by atoms with E-state index < -0.39 is 10.9 Å². The summed E-state index contributed by atoms with van der Waals surface area (Å²) in [6, 6.07) is 15.1. The maximum absolute atomic E-state index is 12.2. The van der Waals surface area contributed by atoms with Crippen molar-refractivity contribution in [2.24, 2.45) is 0 Å². The Morgan fingerprint density at radius 2 is 1.66 bits per heavy atom. The molecular weight excluding hydrogens is 441 g/mol. The van der Waals surface area contributed by atoms with Crippen molar-refractivity contribution in [2.45, 2.75) is 6.61 Å². The van der Waals surface area contributed by atoms with Gasteiger partial charge in [-0.15, -0.1) is 0 Å². The first kappa shape index (κ1) is 20.9. The van der Waals surface area contributed by atoms with Crippen molar-refractivity contribution < 1.29 is 19.2 Å². The van der Waals surface area contributed by atoms with Gasteiger partial charge in [0, 0.05) is 6.07 Å². The molecule has 0 fully saturated rings. The minimum Gasteiger partial charge on any atom is -0.457 e. The predicted octanol–water partition coefficient (Wildman–Crippen LogP) is 6.70. The van der Waals surface area contributed by atoms with Gasteiger partial charge >= 0.3 is 11.7 Å². The summed E-state index contributed by atoms with van der Waals surface area (Å²) in [4.78, 5) is 22.7. The summed E-state index contributed by atoms with van der Waals surface area (Å²) in [5.41, 5.74) is 0.715. The van der Waals surface area contributed by atoms with E-state index in [0.717, 1.165) is 0 Å². The highest BCUT2D eigenvalue weighted by Gasteiger charge is 2.19. The molecule has 0 saturated carbocycles. The first-order chi connectivity index (χ1) is 13.8. The summed E-state index contributed by atoms with van der Waals surface area (Å²) in [6.45, 7) is 0.0276. The van der Waals surface area contributed by atoms with Crippen LogP contribution in [0.3, 0.4) is 0 Å². The third-order valence-electron chi connectivity index (χ3n) is 3.81. The summed E-state index contributed by atoms with van der Waals surface area (Å²) >= 11 is 17.8. The molecular formula is C20H12Cl3NO5. The van der Waals surface area contributed by atoms with Crippen LogP contribution in [0.5, 0.6) is 11.5 Å². The monoisotopic (exact) mass is 451 g/mol. The van der Waals surface area contributed by atoms with Crippen LogP contribution in [0.1, 0.15) is 15.9 Å². The molecule has 0 bridgehead atoms. The fourth-order valence-electron chi connectivity index (χ4n) is 2.38. The first-order valence-electron chi connectivity index (χ1n) is 8.17. The van der Waals surface area contributed by atoms with Crippen molar-refractivity contribution in [3.63, 3.8) is 0 Å². The van der Waals surface area contributed by atoms with Gasteiger partial charge in [0.2, 0.25) is 5.75 Å². The van der Waals surface area contributed by atoms with Crippen LogP contribution in [0.2, 0.25) is 15.1 Å². The number of nitrogens with zero attached hydrogens (tertiary/aromatic N) is 1. The van der Waals surface area contributed by atoms with Gasteiger partial charge in [-0.25, -0.2) is 4.79 Å². The van der Waals surface area contributed by atoms with E-state index in [0.29, 0.717) is 15.6 Å². The quantitative estimate of drug-likeness (QED) is 0.236. The van der Waals surface area contributed by atoms with E-state index in [-0.39, 0.29) is 34.4 Å². The predicted molar refractivity (Wildman–Crippen MR) is 110 cm³/mol. The first-order valence-corrected chi connectivity index (χ1v) is 9.30. The molecule has 0 aliphatic carbocycles. The van der Waals surface area contributed by atoms with Crippen molar-refractivity contribution in [3.8, 4) is 11.5 Å². The molecule has 0 N–H and O–H groups in total. The van der Waals surface area contributed by atoms with Crippen LogP contribution in [0.25, 0.3) is 0 Å². The molecule has 0 heterocycles. The Morgan fingerprint density at radius 3 is 2.31 bits per heavy atom. The molecule has 0 aliphatic rings. The lowest BCUT2D eigenvalue weighted by Crippen LogP contribution is -2.05. The molecule has 0 aromatic heterocycles. The fourth-order valence-corrected chi connectivity index (χ4v) is 2.91. The molecule has 0 radical (unpaired) electrons. The van der Waals surface area contributed by atoms with Gasteiger partial charge in [-0.2, -0.15) is 0 Å². The number of esters is 1. The lowest BCUT2D eigenvalue weighted by atomic mass is 10.2. The molecule has 0 spiro atoms. The second-order valence-corrected chi connectivity index (χ2v) is 7.02. The molecule has 0 atom stereocenters. The van der Waals surface area contributed by atoms with E-state index >= 15 is 0 Å². The summed E-state index contributed by atoms with van der Waals surface area (Å²) < 4.78 is 10.8. The van der Waals surface area contributed by atoms with E-state index in [1.165, 1.54) is 42.5 Å². The van der Waals surface area contributed by atoms with E-state index in [2.05, 4.69) is 0 Å². The topological polar surface area (TPSA) is 78.7 Å². The van der Waals surface area contributed by atoms with Crippen LogP contribution in [0, 0.1) is 10.1 Å². The molecule has 0 unspecified atom stereocenters. The average molecular weight is 453 g/mol. The number of rotatable bonds is 6. The maximum atomic E-state index is 12.2. The standard InChI is InChI=1S/C20H12Cl3NO5/c21-15-9-4-12(10-17(15)23)11-28-20(25)13-5-7-14(8-6-13)29-19-16(22)2-1-3-18(19)24(26)27/h1-10H,11H2. The van der Waals surface area contributed by atoms with Crippen molar-refractivity contribution >= 4 is 46.5 Å². The fraction of sp³-hybridized carbons (Fsp3) is 0.0500. The minimum absolute atomic E-state index is 0.0276. The number of benzene rings is 3. The Morgan fingerprint density at radius 1 is 0.931 bits per heavy atom. The second kappa shape index (κ2) is 9.13. The number of hydrogen-bond acceptors (Lipinski definition) is 5. The van der Waals surface area contributed by atoms with Crippen LogP contribution in [-0.2, 0) is 11.3 Å². The molecule has 6 nitrogen and oxygen atoms in total. The minimum atomic E-state index is -0.587. The van der Waals surface area contributed by atoms with Crippen molar-refractivity contribution in [3.05, 3.63) is 97.0 Å². The largest absolute Gasteiger partial charge is 0.457 e. The Labute approximate surface area is 180 Å². The van der Waals surface area contributed by atoms with Crippen LogP contribution in [0.15, 0.2) is 60.7 Å². The van der Waals surface area contributed by atoms with Gasteiger partial charge in [0.25, 0.3) is 0 Å². The Kier molecular flexibility index (Phi) is 6.59. The average Bonchev–Trinajstić information content (AvgIpc) is 2.70. The number of hydrogen-bond donors (Lipinski definition) is 0. The van der Waals surface area contributed by atoms with Gasteiger partial charge in [-0.3, -0.25) is 10.1 Å². The number of ether oxygens (including phenoxy) is 2. The van der Waals surface area contributed by atoms with Gasteiger partial charge in [-0.1, -0.05) is 46.9 Å². The maximum Gasteiger partial charge on any atom is 0.338 e. The van der Waals surface area contributed by atoms with Gasteiger partial charge in [-0.05, 0) is 48.0 Å². The van der Waals surface area contributed by atoms with E-state index in [9.17, 15) is 14.9 Å². The smallest absolute Gasteiger partial charge is 0.338 e. The second-order valence-electron chi connectivity index (χ2n) is 5.80. The molecule has 3 aromatic rings. The number of carbonyl (C=O) groups is 1. The van der Waals surface area contributed by atoms with E-state index in [1.807, 2.05) is 0 Å². The number of para-hydroxylation sites is 1. The Bertz CT molecular complexity index is 1070. The molecule has 0 saturated heterocycles. The summed E-state index contributed by atoms with van der Waals surface area (Å²) in [5.74, 6) is -0.345. The normalized spacial score (nSPS) is 10.4. The molecule has 0 amide bonds. The highest BCUT2D eigenvalue weighted by Crippen LogP contribution is 2.37. The number of nitro benzene ring substituents is 1. The highest BCUT2D eigenvalue weighted by atomic mass is 35.5. The van der Waals surface area contributed by atoms with E-state index in [4.69, 9.17) is 44.3 Å². The molecule has 3 rings (SSSR count). The number of halogens is 3. The zero-order valence-electron chi connectivity index (χ0n) is 14.6. The molecule has 9 heteroatoms. The molecule has 0 aliphatic heterocycles. The lowest BCUT2D eigenvalue weighted by Gasteiger charge is -2.09. The summed E-state index contributed by atoms with van der Waals surface area (Å²) in [7, 11) is 0. The van der Waals surface area contributed by atoms with Crippen LogP contribution < -0.4 is 4.74 Å². The van der Waals surface area contributed by atoms with Crippen LogP contribution in [-0.4, -0.2) is 10.9 Å². The lowest BCUT2D eigenvalue weighted by molar-refractivity contribution is -0.385. The SMILES string of the molecule is O=C(OCc1ccc(Cl)c(Cl)c1)c1ccc(Oc2c(Cl)cccc2[N+](=O)[O-])cc1. The molecule has 29 heavy (non-hydrogen) atoms. The third kappa shape index (κ3) is 5.17. The molecule has 3 aromatic carbocycles.